The van der Waals surface area contributed by atoms with Crippen molar-refractivity contribution in [2.24, 2.45) is 4.99 Å². The van der Waals surface area contributed by atoms with Gasteiger partial charge in [0.25, 0.3) is 11.4 Å². The zero-order valence-corrected chi connectivity index (χ0v) is 20.6. The first-order valence-electron chi connectivity index (χ1n) is 12.0. The van der Waals surface area contributed by atoms with Gasteiger partial charge in [0.1, 0.15) is 11.1 Å². The highest BCUT2D eigenvalue weighted by atomic mass is 16.6. The van der Waals surface area contributed by atoms with Crippen molar-refractivity contribution >= 4 is 29.2 Å². The molecule has 0 bridgehead atoms. The fourth-order valence-electron chi connectivity index (χ4n) is 5.50. The molecule has 1 aliphatic heterocycles. The van der Waals surface area contributed by atoms with Crippen molar-refractivity contribution in [3.63, 3.8) is 0 Å². The number of nitro benzene ring substituents is 2. The Labute approximate surface area is 216 Å². The first-order chi connectivity index (χ1) is 18.2. The summed E-state index contributed by atoms with van der Waals surface area (Å²) in [5.41, 5.74) is -1.91. The van der Waals surface area contributed by atoms with Gasteiger partial charge in [0, 0.05) is 35.4 Å². The lowest BCUT2D eigenvalue weighted by molar-refractivity contribution is -0.385. The highest BCUT2D eigenvalue weighted by molar-refractivity contribution is 6.24. The van der Waals surface area contributed by atoms with Crippen molar-refractivity contribution in [3.8, 4) is 11.1 Å². The molecule has 0 radical (unpaired) electrons. The molecule has 1 spiro atoms. The number of aliphatic imine (C=N–C) groups is 1. The van der Waals surface area contributed by atoms with Gasteiger partial charge in [-0.3, -0.25) is 20.2 Å². The van der Waals surface area contributed by atoms with Crippen LogP contribution in [0, 0.1) is 20.2 Å². The third-order valence-corrected chi connectivity index (χ3v) is 7.20. The van der Waals surface area contributed by atoms with Crippen LogP contribution in [0.4, 0.5) is 11.4 Å². The van der Waals surface area contributed by atoms with E-state index in [4.69, 9.17) is 19.2 Å². The highest BCUT2D eigenvalue weighted by Gasteiger charge is 2.60. The van der Waals surface area contributed by atoms with Gasteiger partial charge in [-0.05, 0) is 36.1 Å². The molecule has 2 aromatic carbocycles. The second kappa shape index (κ2) is 9.36. The lowest BCUT2D eigenvalue weighted by Gasteiger charge is -2.28. The van der Waals surface area contributed by atoms with E-state index in [1.165, 1.54) is 36.4 Å². The molecule has 2 aromatic rings. The van der Waals surface area contributed by atoms with E-state index in [0.717, 1.165) is 46.3 Å². The molecule has 0 amide bonds. The van der Waals surface area contributed by atoms with Crippen LogP contribution in [0.3, 0.4) is 0 Å². The molecule has 0 N–H and O–H groups in total. The first-order valence-corrected chi connectivity index (χ1v) is 12.0. The van der Waals surface area contributed by atoms with Crippen molar-refractivity contribution in [1.82, 2.24) is 0 Å². The predicted octanol–water partition coefficient (Wildman–Crippen LogP) is 4.13. The summed E-state index contributed by atoms with van der Waals surface area (Å²) in [5, 5.41) is 23.4. The van der Waals surface area contributed by atoms with Gasteiger partial charge in [0.2, 0.25) is 5.90 Å². The zero-order chi connectivity index (χ0) is 27.2. The van der Waals surface area contributed by atoms with E-state index < -0.39 is 27.4 Å². The van der Waals surface area contributed by atoms with Gasteiger partial charge in [-0.15, -0.1) is 0 Å². The molecule has 1 saturated carbocycles. The van der Waals surface area contributed by atoms with Crippen LogP contribution in [0.15, 0.2) is 52.5 Å². The molecular formula is C26H23N3O9. The minimum atomic E-state index is -1.97. The minimum absolute atomic E-state index is 0.165. The maximum Gasteiger partial charge on any atom is 0.344 e. The highest BCUT2D eigenvalue weighted by Crippen LogP contribution is 2.58. The molecule has 0 saturated heterocycles. The standard InChI is InChI=1S/C26H23N3O9/c1-36-24(30)21-22(25(31)37-2)26(38-23(21)27-14-6-4-3-5-7-14)19-12-15(28(32)33)8-10-17(19)18-11-9-16(29(34)35)13-20(18)26/h8-14H,3-7H2,1-2H3. The van der Waals surface area contributed by atoms with Crippen LogP contribution in [-0.2, 0) is 29.4 Å². The van der Waals surface area contributed by atoms with E-state index in [1.807, 2.05) is 0 Å². The SMILES string of the molecule is COC(=O)C1=C(C(=O)OC)C2(OC1=NC1CCCCC1)c1cc([N+](=O)[O-])ccc1-c1ccc([N+](=O)[O-])cc12. The van der Waals surface area contributed by atoms with E-state index in [0.29, 0.717) is 11.1 Å². The Morgan fingerprint density at radius 1 is 0.895 bits per heavy atom. The van der Waals surface area contributed by atoms with Crippen LogP contribution in [0.2, 0.25) is 0 Å². The largest absolute Gasteiger partial charge is 0.466 e. The molecule has 2 aliphatic carbocycles. The summed E-state index contributed by atoms with van der Waals surface area (Å²) < 4.78 is 16.5. The summed E-state index contributed by atoms with van der Waals surface area (Å²) in [4.78, 5) is 53.5. The predicted molar refractivity (Wildman–Crippen MR) is 132 cm³/mol. The van der Waals surface area contributed by atoms with Crippen LogP contribution in [0.1, 0.15) is 43.2 Å². The maximum atomic E-state index is 13.4. The number of benzene rings is 2. The van der Waals surface area contributed by atoms with Gasteiger partial charge in [-0.1, -0.05) is 19.3 Å². The summed E-state index contributed by atoms with van der Waals surface area (Å²) in [6.07, 6.45) is 4.39. The number of methoxy groups -OCH3 is 2. The molecule has 1 fully saturated rings. The molecule has 0 unspecified atom stereocenters. The Kier molecular flexibility index (Phi) is 6.17. The molecule has 0 aromatic heterocycles. The molecule has 12 heteroatoms. The average Bonchev–Trinajstić information content (AvgIpc) is 3.40. The monoisotopic (exact) mass is 521 g/mol. The lowest BCUT2D eigenvalue weighted by Crippen LogP contribution is -2.33. The van der Waals surface area contributed by atoms with Crippen LogP contribution < -0.4 is 0 Å². The zero-order valence-electron chi connectivity index (χ0n) is 20.6. The number of fused-ring (bicyclic) bond motifs is 5. The lowest BCUT2D eigenvalue weighted by atomic mass is 9.82. The number of carbonyl (C=O) groups excluding carboxylic acids is 2. The van der Waals surface area contributed by atoms with Gasteiger partial charge in [0.15, 0.2) is 5.60 Å². The van der Waals surface area contributed by atoms with E-state index in [1.54, 1.807) is 0 Å². The van der Waals surface area contributed by atoms with Gasteiger partial charge in [-0.2, -0.15) is 0 Å². The Bertz CT molecular complexity index is 1390. The summed E-state index contributed by atoms with van der Waals surface area (Å²) in [5.74, 6) is -2.04. The van der Waals surface area contributed by atoms with Crippen LogP contribution in [0.25, 0.3) is 11.1 Å². The second-order valence-corrected chi connectivity index (χ2v) is 9.22. The van der Waals surface area contributed by atoms with E-state index in [-0.39, 0.29) is 45.6 Å². The second-order valence-electron chi connectivity index (χ2n) is 9.22. The Balaban J connectivity index is 1.88. The molecule has 0 atom stereocenters. The number of esters is 2. The maximum absolute atomic E-state index is 13.4. The van der Waals surface area contributed by atoms with Crippen molar-refractivity contribution in [2.45, 2.75) is 43.7 Å². The quantitative estimate of drug-likeness (QED) is 0.320. The number of non-ortho nitro benzene ring substituents is 2. The third-order valence-electron chi connectivity index (χ3n) is 7.20. The molecule has 3 aliphatic rings. The number of carbonyl (C=O) groups is 2. The van der Waals surface area contributed by atoms with Crippen molar-refractivity contribution < 1.29 is 33.6 Å². The van der Waals surface area contributed by atoms with Gasteiger partial charge < -0.3 is 14.2 Å². The molecule has 38 heavy (non-hydrogen) atoms. The van der Waals surface area contributed by atoms with E-state index in [2.05, 4.69) is 0 Å². The summed E-state index contributed by atoms with van der Waals surface area (Å²) >= 11 is 0. The fraction of sp³-hybridized carbons (Fsp3) is 0.346. The van der Waals surface area contributed by atoms with Crippen LogP contribution in [0.5, 0.6) is 0 Å². The van der Waals surface area contributed by atoms with E-state index >= 15 is 0 Å². The molecule has 12 nitrogen and oxygen atoms in total. The van der Waals surface area contributed by atoms with Crippen LogP contribution >= 0.6 is 0 Å². The number of hydrogen-bond donors (Lipinski definition) is 0. The average molecular weight is 521 g/mol. The minimum Gasteiger partial charge on any atom is -0.466 e. The summed E-state index contributed by atoms with van der Waals surface area (Å²) in [7, 11) is 2.26. The topological polar surface area (TPSA) is 160 Å². The summed E-state index contributed by atoms with van der Waals surface area (Å²) in [6.45, 7) is 0. The van der Waals surface area contributed by atoms with Gasteiger partial charge in [0.05, 0.1) is 30.1 Å². The molecular weight excluding hydrogens is 498 g/mol. The van der Waals surface area contributed by atoms with Crippen molar-refractivity contribution in [1.29, 1.82) is 0 Å². The number of hydrogen-bond acceptors (Lipinski definition) is 10. The normalized spacial score (nSPS) is 18.6. The third kappa shape index (κ3) is 3.71. The van der Waals surface area contributed by atoms with E-state index in [9.17, 15) is 29.8 Å². The fourth-order valence-corrected chi connectivity index (χ4v) is 5.50. The Morgan fingerprint density at radius 3 is 1.89 bits per heavy atom. The Hall–Kier alpha value is -4.61. The van der Waals surface area contributed by atoms with Gasteiger partial charge in [-0.25, -0.2) is 14.6 Å². The van der Waals surface area contributed by atoms with Crippen molar-refractivity contribution in [3.05, 3.63) is 78.9 Å². The number of ether oxygens (including phenoxy) is 3. The molecule has 196 valence electrons. The van der Waals surface area contributed by atoms with Crippen LogP contribution in [-0.4, -0.2) is 47.9 Å². The number of nitro groups is 2. The smallest absolute Gasteiger partial charge is 0.344 e. The number of nitrogens with zero attached hydrogens (tertiary/aromatic N) is 3. The summed E-state index contributed by atoms with van der Waals surface area (Å²) in [6, 6.07) is 7.84. The van der Waals surface area contributed by atoms with Gasteiger partial charge >= 0.3 is 11.9 Å². The Morgan fingerprint density at radius 2 is 1.42 bits per heavy atom. The molecule has 1 heterocycles. The molecule has 5 rings (SSSR count). The van der Waals surface area contributed by atoms with Crippen molar-refractivity contribution in [2.75, 3.05) is 14.2 Å². The number of rotatable bonds is 5. The first kappa shape index (κ1) is 25.1.